The number of anilines is 2. The highest BCUT2D eigenvalue weighted by molar-refractivity contribution is 9.10. The summed E-state index contributed by atoms with van der Waals surface area (Å²) in [6.07, 6.45) is 9.51. The molecule has 1 atom stereocenters. The van der Waals surface area contributed by atoms with Crippen LogP contribution in [0.25, 0.3) is 0 Å². The van der Waals surface area contributed by atoms with Gasteiger partial charge in [-0.25, -0.2) is 4.98 Å². The van der Waals surface area contributed by atoms with Crippen molar-refractivity contribution < 1.29 is 0 Å². The van der Waals surface area contributed by atoms with Crippen LogP contribution in [0.2, 0.25) is 0 Å². The van der Waals surface area contributed by atoms with Gasteiger partial charge >= 0.3 is 0 Å². The molecular weight excluding hydrogens is 328 g/mol. The van der Waals surface area contributed by atoms with Gasteiger partial charge in [-0.15, -0.1) is 0 Å². The lowest BCUT2D eigenvalue weighted by Crippen LogP contribution is -2.26. The molecule has 1 N–H and O–H groups in total. The molecule has 0 spiro atoms. The van der Waals surface area contributed by atoms with E-state index < -0.39 is 0 Å². The van der Waals surface area contributed by atoms with E-state index in [0.717, 1.165) is 48.2 Å². The first-order valence-corrected chi connectivity index (χ1v) is 9.05. The second-order valence-electron chi connectivity index (χ2n) is 5.86. The minimum absolute atomic E-state index is 0.740. The molecule has 118 valence electrons. The number of rotatable bonds is 6. The third-order valence-electron chi connectivity index (χ3n) is 4.10. The van der Waals surface area contributed by atoms with Crippen molar-refractivity contribution in [1.82, 2.24) is 9.97 Å². The molecule has 4 nitrogen and oxygen atoms in total. The summed E-state index contributed by atoms with van der Waals surface area (Å²) in [5.41, 5.74) is 0. The van der Waals surface area contributed by atoms with Crippen LogP contribution in [0.3, 0.4) is 0 Å². The summed E-state index contributed by atoms with van der Waals surface area (Å²) in [5, 5.41) is 3.28. The summed E-state index contributed by atoms with van der Waals surface area (Å²) in [4.78, 5) is 11.5. The van der Waals surface area contributed by atoms with Crippen molar-refractivity contribution in [2.75, 3.05) is 29.9 Å². The normalized spacial score (nSPS) is 19.4. The Labute approximate surface area is 136 Å². The van der Waals surface area contributed by atoms with Crippen LogP contribution in [0, 0.1) is 5.92 Å². The Morgan fingerprint density at radius 1 is 1.29 bits per heavy atom. The molecular formula is C16H27BrN4. The smallest absolute Gasteiger partial charge is 0.224 e. The van der Waals surface area contributed by atoms with E-state index in [1.807, 2.05) is 6.20 Å². The molecule has 1 aromatic heterocycles. The maximum atomic E-state index is 4.70. The summed E-state index contributed by atoms with van der Waals surface area (Å²) < 4.78 is 0.999. The molecule has 0 saturated carbocycles. The predicted octanol–water partition coefficient (Wildman–Crippen LogP) is 4.47. The van der Waals surface area contributed by atoms with Gasteiger partial charge in [0.25, 0.3) is 0 Å². The molecule has 1 unspecified atom stereocenters. The molecule has 1 aromatic rings. The number of halogens is 1. The van der Waals surface area contributed by atoms with Gasteiger partial charge in [0, 0.05) is 25.8 Å². The third kappa shape index (κ3) is 4.83. The van der Waals surface area contributed by atoms with Gasteiger partial charge in [-0.05, 0) is 47.5 Å². The zero-order valence-corrected chi connectivity index (χ0v) is 14.8. The molecule has 21 heavy (non-hydrogen) atoms. The Morgan fingerprint density at radius 2 is 2.14 bits per heavy atom. The van der Waals surface area contributed by atoms with Gasteiger partial charge in [-0.1, -0.05) is 26.7 Å². The number of nitrogens with zero attached hydrogens (tertiary/aromatic N) is 3. The lowest BCUT2D eigenvalue weighted by atomic mass is 9.96. The van der Waals surface area contributed by atoms with E-state index in [1.165, 1.54) is 32.1 Å². The topological polar surface area (TPSA) is 41.1 Å². The van der Waals surface area contributed by atoms with E-state index in [2.05, 4.69) is 45.0 Å². The molecule has 0 bridgehead atoms. The Hall–Kier alpha value is -0.840. The number of aromatic nitrogens is 2. The van der Waals surface area contributed by atoms with Crippen LogP contribution in [-0.2, 0) is 0 Å². The van der Waals surface area contributed by atoms with Crippen LogP contribution in [0.4, 0.5) is 11.8 Å². The monoisotopic (exact) mass is 354 g/mol. The SMILES string of the molecule is CCCNc1ncc(Br)c(N2CCCC(CCC)CC2)n1. The van der Waals surface area contributed by atoms with Crippen molar-refractivity contribution in [3.63, 3.8) is 0 Å². The average Bonchev–Trinajstić information content (AvgIpc) is 2.72. The molecule has 2 rings (SSSR count). The first-order valence-electron chi connectivity index (χ1n) is 8.26. The van der Waals surface area contributed by atoms with E-state index in [1.54, 1.807) is 0 Å². The summed E-state index contributed by atoms with van der Waals surface area (Å²) in [7, 11) is 0. The van der Waals surface area contributed by atoms with Crippen molar-refractivity contribution in [3.8, 4) is 0 Å². The summed E-state index contributed by atoms with van der Waals surface area (Å²) in [5.74, 6) is 2.67. The lowest BCUT2D eigenvalue weighted by molar-refractivity contribution is 0.435. The molecule has 0 amide bonds. The molecule has 5 heteroatoms. The van der Waals surface area contributed by atoms with Crippen LogP contribution in [-0.4, -0.2) is 29.6 Å². The van der Waals surface area contributed by atoms with Gasteiger partial charge < -0.3 is 10.2 Å². The molecule has 0 radical (unpaired) electrons. The van der Waals surface area contributed by atoms with Gasteiger partial charge in [-0.2, -0.15) is 4.98 Å². The van der Waals surface area contributed by atoms with Gasteiger partial charge in [-0.3, -0.25) is 0 Å². The number of nitrogens with one attached hydrogen (secondary N) is 1. The Kier molecular flexibility index (Phi) is 6.74. The van der Waals surface area contributed by atoms with E-state index in [-0.39, 0.29) is 0 Å². The minimum Gasteiger partial charge on any atom is -0.356 e. The summed E-state index contributed by atoms with van der Waals surface area (Å²) in [6, 6.07) is 0. The van der Waals surface area contributed by atoms with Crippen LogP contribution < -0.4 is 10.2 Å². The van der Waals surface area contributed by atoms with Crippen molar-refractivity contribution >= 4 is 27.7 Å². The highest BCUT2D eigenvalue weighted by Gasteiger charge is 2.19. The Morgan fingerprint density at radius 3 is 2.90 bits per heavy atom. The maximum absolute atomic E-state index is 4.70. The first kappa shape index (κ1) is 16.5. The molecule has 1 saturated heterocycles. The van der Waals surface area contributed by atoms with Gasteiger partial charge in [0.15, 0.2) is 0 Å². The fourth-order valence-electron chi connectivity index (χ4n) is 2.98. The van der Waals surface area contributed by atoms with Gasteiger partial charge in [0.2, 0.25) is 5.95 Å². The van der Waals surface area contributed by atoms with E-state index in [9.17, 15) is 0 Å². The fraction of sp³-hybridized carbons (Fsp3) is 0.750. The lowest BCUT2D eigenvalue weighted by Gasteiger charge is -2.23. The first-order chi connectivity index (χ1) is 10.2. The molecule has 1 aliphatic heterocycles. The quantitative estimate of drug-likeness (QED) is 0.818. The zero-order chi connectivity index (χ0) is 15.1. The standard InChI is InChI=1S/C16H27BrN4/c1-3-6-13-7-5-10-21(11-8-13)15-14(17)12-19-16(20-15)18-9-4-2/h12-13H,3-11H2,1-2H3,(H,18,19,20). The second kappa shape index (κ2) is 8.57. The second-order valence-corrected chi connectivity index (χ2v) is 6.72. The van der Waals surface area contributed by atoms with Crippen LogP contribution in [0.1, 0.15) is 52.4 Å². The Balaban J connectivity index is 2.05. The maximum Gasteiger partial charge on any atom is 0.224 e. The minimum atomic E-state index is 0.740. The van der Waals surface area contributed by atoms with Crippen LogP contribution in [0.15, 0.2) is 10.7 Å². The van der Waals surface area contributed by atoms with Crippen molar-refractivity contribution in [2.45, 2.75) is 52.4 Å². The fourth-order valence-corrected chi connectivity index (χ4v) is 3.42. The summed E-state index contributed by atoms with van der Waals surface area (Å²) >= 11 is 3.61. The van der Waals surface area contributed by atoms with Gasteiger partial charge in [0.1, 0.15) is 5.82 Å². The van der Waals surface area contributed by atoms with Crippen molar-refractivity contribution in [1.29, 1.82) is 0 Å². The van der Waals surface area contributed by atoms with E-state index >= 15 is 0 Å². The van der Waals surface area contributed by atoms with Crippen LogP contribution >= 0.6 is 15.9 Å². The Bertz CT molecular complexity index is 438. The average molecular weight is 355 g/mol. The number of hydrogen-bond donors (Lipinski definition) is 1. The van der Waals surface area contributed by atoms with Gasteiger partial charge in [0.05, 0.1) is 4.47 Å². The molecule has 0 aliphatic carbocycles. The van der Waals surface area contributed by atoms with E-state index in [0.29, 0.717) is 0 Å². The molecule has 0 aromatic carbocycles. The third-order valence-corrected chi connectivity index (χ3v) is 4.66. The van der Waals surface area contributed by atoms with E-state index in [4.69, 9.17) is 4.98 Å². The molecule has 1 aliphatic rings. The van der Waals surface area contributed by atoms with Crippen molar-refractivity contribution in [2.24, 2.45) is 5.92 Å². The molecule has 2 heterocycles. The highest BCUT2D eigenvalue weighted by Crippen LogP contribution is 2.29. The van der Waals surface area contributed by atoms with Crippen LogP contribution in [0.5, 0.6) is 0 Å². The highest BCUT2D eigenvalue weighted by atomic mass is 79.9. The zero-order valence-electron chi connectivity index (χ0n) is 13.2. The van der Waals surface area contributed by atoms with Crippen molar-refractivity contribution in [3.05, 3.63) is 10.7 Å². The predicted molar refractivity (Wildman–Crippen MR) is 93.0 cm³/mol. The summed E-state index contributed by atoms with van der Waals surface area (Å²) in [6.45, 7) is 7.56. The molecule has 1 fully saturated rings. The number of hydrogen-bond acceptors (Lipinski definition) is 4. The largest absolute Gasteiger partial charge is 0.356 e.